The molecule has 0 saturated carbocycles. The molecule has 2 aromatic rings. The number of aliphatic hydroxyl groups is 1. The van der Waals surface area contributed by atoms with Gasteiger partial charge >= 0.3 is 0 Å². The van der Waals surface area contributed by atoms with Crippen molar-refractivity contribution in [2.75, 3.05) is 6.54 Å². The number of hydrogen-bond donors (Lipinski definition) is 3. The number of amides is 1. The highest BCUT2D eigenvalue weighted by molar-refractivity contribution is 7.16. The molecule has 1 aromatic heterocycles. The van der Waals surface area contributed by atoms with Crippen LogP contribution in [0.15, 0.2) is 36.4 Å². The van der Waals surface area contributed by atoms with E-state index in [0.717, 1.165) is 10.4 Å². The fourth-order valence-electron chi connectivity index (χ4n) is 1.80. The van der Waals surface area contributed by atoms with E-state index in [9.17, 15) is 9.90 Å². The maximum atomic E-state index is 11.1. The maximum Gasteiger partial charge on any atom is 0.248 e. The van der Waals surface area contributed by atoms with E-state index in [0.29, 0.717) is 23.0 Å². The highest BCUT2D eigenvalue weighted by atomic mass is 35.5. The molecular weight excluding hydrogens is 296 g/mol. The molecule has 0 aliphatic rings. The van der Waals surface area contributed by atoms with E-state index in [1.807, 2.05) is 12.1 Å². The molecule has 106 valence electrons. The third kappa shape index (κ3) is 4.05. The molecule has 0 bridgehead atoms. The van der Waals surface area contributed by atoms with Crippen LogP contribution in [0.2, 0.25) is 4.34 Å². The van der Waals surface area contributed by atoms with E-state index in [4.69, 9.17) is 17.3 Å². The zero-order valence-electron chi connectivity index (χ0n) is 10.7. The van der Waals surface area contributed by atoms with Gasteiger partial charge in [0.2, 0.25) is 5.91 Å². The van der Waals surface area contributed by atoms with Crippen molar-refractivity contribution in [3.8, 4) is 0 Å². The molecule has 0 aliphatic heterocycles. The highest BCUT2D eigenvalue weighted by Gasteiger charge is 2.09. The molecule has 0 aliphatic carbocycles. The van der Waals surface area contributed by atoms with Gasteiger partial charge in [-0.3, -0.25) is 4.79 Å². The van der Waals surface area contributed by atoms with Crippen LogP contribution in [-0.4, -0.2) is 17.6 Å². The number of thiophene rings is 1. The molecule has 2 rings (SSSR count). The first-order valence-electron chi connectivity index (χ1n) is 6.09. The van der Waals surface area contributed by atoms with Crippen LogP contribution < -0.4 is 11.1 Å². The number of nitrogens with one attached hydrogen (secondary N) is 1. The minimum absolute atomic E-state index is 0.414. The monoisotopic (exact) mass is 310 g/mol. The van der Waals surface area contributed by atoms with E-state index >= 15 is 0 Å². The Kier molecular flexibility index (Phi) is 5.14. The molecule has 20 heavy (non-hydrogen) atoms. The Labute approximate surface area is 126 Å². The Morgan fingerprint density at radius 1 is 1.40 bits per heavy atom. The lowest BCUT2D eigenvalue weighted by atomic mass is 10.1. The first kappa shape index (κ1) is 15.0. The second-order valence-electron chi connectivity index (χ2n) is 4.35. The third-order valence-electron chi connectivity index (χ3n) is 2.80. The standard InChI is InChI=1S/C14H15ClN2O2S/c15-13-5-4-12(20-13)11(18)8-17-7-9-2-1-3-10(6-9)14(16)19/h1-6,11,17-18H,7-8H2,(H2,16,19). The second kappa shape index (κ2) is 6.85. The van der Waals surface area contributed by atoms with E-state index in [1.165, 1.54) is 11.3 Å². The van der Waals surface area contributed by atoms with Crippen LogP contribution in [-0.2, 0) is 6.54 Å². The van der Waals surface area contributed by atoms with Crippen LogP contribution >= 0.6 is 22.9 Å². The fourth-order valence-corrected chi connectivity index (χ4v) is 2.84. The molecule has 1 heterocycles. The summed E-state index contributed by atoms with van der Waals surface area (Å²) >= 11 is 7.19. The van der Waals surface area contributed by atoms with Gasteiger partial charge in [0, 0.05) is 23.5 Å². The lowest BCUT2D eigenvalue weighted by molar-refractivity contribution is 0.1000. The van der Waals surface area contributed by atoms with Crippen LogP contribution in [0.3, 0.4) is 0 Å². The van der Waals surface area contributed by atoms with E-state index in [-0.39, 0.29) is 0 Å². The van der Waals surface area contributed by atoms with Gasteiger partial charge in [-0.05, 0) is 29.8 Å². The van der Waals surface area contributed by atoms with Crippen molar-refractivity contribution in [1.29, 1.82) is 0 Å². The Hall–Kier alpha value is -1.40. The van der Waals surface area contributed by atoms with Gasteiger partial charge in [0.25, 0.3) is 0 Å². The van der Waals surface area contributed by atoms with Gasteiger partial charge in [0.1, 0.15) is 6.10 Å². The van der Waals surface area contributed by atoms with Crippen LogP contribution in [0.5, 0.6) is 0 Å². The molecule has 0 radical (unpaired) electrons. The highest BCUT2D eigenvalue weighted by Crippen LogP contribution is 2.26. The molecule has 0 saturated heterocycles. The van der Waals surface area contributed by atoms with Crippen LogP contribution in [0, 0.1) is 0 Å². The fraction of sp³-hybridized carbons (Fsp3) is 0.214. The lowest BCUT2D eigenvalue weighted by Crippen LogP contribution is -2.21. The summed E-state index contributed by atoms with van der Waals surface area (Å²) in [5.74, 6) is -0.444. The minimum Gasteiger partial charge on any atom is -0.386 e. The molecule has 0 fully saturated rings. The van der Waals surface area contributed by atoms with Crippen molar-refractivity contribution in [3.05, 3.63) is 56.7 Å². The molecule has 0 spiro atoms. The molecule has 1 atom stereocenters. The average molecular weight is 311 g/mol. The molecule has 1 amide bonds. The quantitative estimate of drug-likeness (QED) is 0.766. The molecule has 4 N–H and O–H groups in total. The predicted octanol–water partition coefficient (Wildman–Crippen LogP) is 2.32. The zero-order chi connectivity index (χ0) is 14.5. The Morgan fingerprint density at radius 2 is 2.20 bits per heavy atom. The predicted molar refractivity (Wildman–Crippen MR) is 81.0 cm³/mol. The number of benzene rings is 1. The SMILES string of the molecule is NC(=O)c1cccc(CNCC(O)c2ccc(Cl)s2)c1. The number of hydrogen-bond acceptors (Lipinski definition) is 4. The first-order valence-corrected chi connectivity index (χ1v) is 7.28. The molecule has 1 aromatic carbocycles. The summed E-state index contributed by atoms with van der Waals surface area (Å²) in [6, 6.07) is 10.7. The summed E-state index contributed by atoms with van der Waals surface area (Å²) in [5.41, 5.74) is 6.65. The Balaban J connectivity index is 1.86. The Bertz CT molecular complexity index is 600. The number of primary amides is 1. The summed E-state index contributed by atoms with van der Waals surface area (Å²) in [7, 11) is 0. The van der Waals surface area contributed by atoms with Crippen molar-refractivity contribution < 1.29 is 9.90 Å². The normalized spacial score (nSPS) is 12.3. The minimum atomic E-state index is -0.591. The number of carbonyl (C=O) groups is 1. The second-order valence-corrected chi connectivity index (χ2v) is 6.10. The summed E-state index contributed by atoms with van der Waals surface area (Å²) in [6.07, 6.45) is -0.591. The van der Waals surface area contributed by atoms with Gasteiger partial charge in [-0.25, -0.2) is 0 Å². The number of halogens is 1. The van der Waals surface area contributed by atoms with Gasteiger partial charge in [-0.1, -0.05) is 23.7 Å². The topological polar surface area (TPSA) is 75.4 Å². The Morgan fingerprint density at radius 3 is 2.85 bits per heavy atom. The summed E-state index contributed by atoms with van der Waals surface area (Å²) in [5, 5.41) is 13.1. The number of nitrogens with two attached hydrogens (primary N) is 1. The summed E-state index contributed by atoms with van der Waals surface area (Å²) in [4.78, 5) is 11.9. The zero-order valence-corrected chi connectivity index (χ0v) is 12.2. The van der Waals surface area contributed by atoms with Gasteiger partial charge in [0.05, 0.1) is 4.34 Å². The van der Waals surface area contributed by atoms with Crippen molar-refractivity contribution in [2.24, 2.45) is 5.73 Å². The van der Waals surface area contributed by atoms with E-state index in [2.05, 4.69) is 5.32 Å². The van der Waals surface area contributed by atoms with Crippen LogP contribution in [0.25, 0.3) is 0 Å². The van der Waals surface area contributed by atoms with Crippen molar-refractivity contribution in [2.45, 2.75) is 12.6 Å². The van der Waals surface area contributed by atoms with Gasteiger partial charge in [-0.2, -0.15) is 0 Å². The van der Waals surface area contributed by atoms with Crippen molar-refractivity contribution in [3.63, 3.8) is 0 Å². The largest absolute Gasteiger partial charge is 0.386 e. The molecule has 6 heteroatoms. The summed E-state index contributed by atoms with van der Waals surface area (Å²) < 4.78 is 0.660. The molecule has 4 nitrogen and oxygen atoms in total. The number of rotatable bonds is 6. The average Bonchev–Trinajstić information content (AvgIpc) is 2.86. The maximum absolute atomic E-state index is 11.1. The van der Waals surface area contributed by atoms with Gasteiger partial charge in [-0.15, -0.1) is 11.3 Å². The lowest BCUT2D eigenvalue weighted by Gasteiger charge is -2.10. The molecule has 1 unspecified atom stereocenters. The van der Waals surface area contributed by atoms with Gasteiger partial charge in [0.15, 0.2) is 0 Å². The number of aliphatic hydroxyl groups excluding tert-OH is 1. The van der Waals surface area contributed by atoms with Gasteiger partial charge < -0.3 is 16.2 Å². The third-order valence-corrected chi connectivity index (χ3v) is 4.13. The number of carbonyl (C=O) groups excluding carboxylic acids is 1. The smallest absolute Gasteiger partial charge is 0.248 e. The summed E-state index contributed by atoms with van der Waals surface area (Å²) in [6.45, 7) is 0.967. The van der Waals surface area contributed by atoms with Crippen LogP contribution in [0.4, 0.5) is 0 Å². The van der Waals surface area contributed by atoms with E-state index in [1.54, 1.807) is 24.3 Å². The van der Waals surface area contributed by atoms with E-state index < -0.39 is 12.0 Å². The first-order chi connectivity index (χ1) is 9.56. The van der Waals surface area contributed by atoms with Crippen molar-refractivity contribution >= 4 is 28.8 Å². The van der Waals surface area contributed by atoms with Crippen LogP contribution in [0.1, 0.15) is 26.9 Å². The van der Waals surface area contributed by atoms with Crippen molar-refractivity contribution in [1.82, 2.24) is 5.32 Å². The molecular formula is C14H15ClN2O2S.